The highest BCUT2D eigenvalue weighted by Gasteiger charge is 2.21. The number of allylic oxidation sites excluding steroid dienone is 1. The lowest BCUT2D eigenvalue weighted by Crippen LogP contribution is -2.09. The highest BCUT2D eigenvalue weighted by molar-refractivity contribution is 5.59. The Morgan fingerprint density at radius 3 is 2.74 bits per heavy atom. The molecule has 6 heteroatoms. The van der Waals surface area contributed by atoms with Crippen molar-refractivity contribution in [2.24, 2.45) is 0 Å². The molecule has 1 N–H and O–H groups in total. The molecule has 6 nitrogen and oxygen atoms in total. The summed E-state index contributed by atoms with van der Waals surface area (Å²) in [5.74, 6) is 0.952. The van der Waals surface area contributed by atoms with Gasteiger partial charge in [-0.2, -0.15) is 0 Å². The zero-order valence-corrected chi connectivity index (χ0v) is 10.1. The van der Waals surface area contributed by atoms with Crippen molar-refractivity contribution in [1.29, 1.82) is 0 Å². The first-order valence-electron chi connectivity index (χ1n) is 5.77. The molecule has 0 aliphatic carbocycles. The summed E-state index contributed by atoms with van der Waals surface area (Å²) in [5, 5.41) is 21.4. The van der Waals surface area contributed by atoms with Crippen molar-refractivity contribution >= 4 is 0 Å². The average molecular weight is 253 g/mol. The van der Waals surface area contributed by atoms with Crippen molar-refractivity contribution in [3.05, 3.63) is 48.8 Å². The largest absolute Gasteiger partial charge is 0.492 e. The van der Waals surface area contributed by atoms with Crippen LogP contribution in [0, 0.1) is 0 Å². The fourth-order valence-electron chi connectivity index (χ4n) is 1.94. The summed E-state index contributed by atoms with van der Waals surface area (Å²) in [6, 6.07) is 9.44. The number of benzene rings is 1. The number of hydrogen-bond donors (Lipinski definition) is 1. The molecule has 19 heavy (non-hydrogen) atoms. The van der Waals surface area contributed by atoms with Crippen molar-refractivity contribution < 1.29 is 5.11 Å². The zero-order chi connectivity index (χ0) is 13.2. The number of aromatic nitrogens is 5. The van der Waals surface area contributed by atoms with Gasteiger partial charge in [-0.25, -0.2) is 4.98 Å². The molecular formula is C13H11N5O. The summed E-state index contributed by atoms with van der Waals surface area (Å²) >= 11 is 0. The van der Waals surface area contributed by atoms with E-state index in [1.54, 1.807) is 10.6 Å². The van der Waals surface area contributed by atoms with Crippen LogP contribution in [0.4, 0.5) is 0 Å². The molecule has 0 bridgehead atoms. The normalized spacial score (nSPS) is 10.7. The summed E-state index contributed by atoms with van der Waals surface area (Å²) in [6.07, 6.45) is 2.22. The minimum atomic E-state index is -0.0157. The third kappa shape index (κ3) is 1.83. The number of nitrogens with zero attached hydrogens (tertiary/aromatic N) is 5. The van der Waals surface area contributed by atoms with E-state index in [2.05, 4.69) is 27.0 Å². The number of rotatable bonds is 3. The van der Waals surface area contributed by atoms with Crippen LogP contribution in [0.15, 0.2) is 43.0 Å². The Labute approximate surface area is 109 Å². The van der Waals surface area contributed by atoms with Crippen LogP contribution in [0.2, 0.25) is 0 Å². The molecule has 2 heterocycles. The third-order valence-electron chi connectivity index (χ3n) is 2.75. The van der Waals surface area contributed by atoms with E-state index < -0.39 is 0 Å². The molecule has 0 aromatic heterocycles. The van der Waals surface area contributed by atoms with E-state index in [0.717, 1.165) is 5.69 Å². The zero-order valence-electron chi connectivity index (χ0n) is 10.1. The van der Waals surface area contributed by atoms with Crippen molar-refractivity contribution in [1.82, 2.24) is 25.0 Å². The molecule has 0 spiro atoms. The van der Waals surface area contributed by atoms with Crippen LogP contribution in [0.25, 0.3) is 17.2 Å². The molecule has 0 atom stereocenters. The molecule has 2 aliphatic rings. The standard InChI is InChI=1S/C13H11N5O/c1-2-6-10-14-12-11(15-17-16-12)13(19)18(10)9-7-4-3-5-8-9/h2-5,7-8,19H,1,6H2. The summed E-state index contributed by atoms with van der Waals surface area (Å²) in [7, 11) is 0. The quantitative estimate of drug-likeness (QED) is 0.717. The Kier molecular flexibility index (Phi) is 2.68. The van der Waals surface area contributed by atoms with Crippen LogP contribution < -0.4 is 0 Å². The molecule has 0 radical (unpaired) electrons. The fraction of sp³-hybridized carbons (Fsp3) is 0.0769. The first kappa shape index (κ1) is 11.3. The summed E-state index contributed by atoms with van der Waals surface area (Å²) in [4.78, 5) is 4.36. The van der Waals surface area contributed by atoms with Gasteiger partial charge in [0.1, 0.15) is 5.82 Å². The Hall–Kier alpha value is -2.76. The monoisotopic (exact) mass is 253 g/mol. The van der Waals surface area contributed by atoms with Crippen LogP contribution >= 0.6 is 0 Å². The second-order valence-electron chi connectivity index (χ2n) is 3.98. The molecule has 2 aliphatic heterocycles. The predicted molar refractivity (Wildman–Crippen MR) is 69.1 cm³/mol. The van der Waals surface area contributed by atoms with Crippen molar-refractivity contribution in [3.8, 4) is 23.1 Å². The lowest BCUT2D eigenvalue weighted by atomic mass is 10.2. The van der Waals surface area contributed by atoms with E-state index in [1.165, 1.54) is 0 Å². The van der Waals surface area contributed by atoms with Gasteiger partial charge in [0.25, 0.3) is 0 Å². The van der Waals surface area contributed by atoms with Crippen LogP contribution in [0.1, 0.15) is 5.82 Å². The highest BCUT2D eigenvalue weighted by Crippen LogP contribution is 2.29. The Bertz CT molecular complexity index is 692. The molecule has 1 aromatic rings. The van der Waals surface area contributed by atoms with E-state index in [1.807, 2.05) is 30.3 Å². The fourth-order valence-corrected chi connectivity index (χ4v) is 1.94. The van der Waals surface area contributed by atoms with Gasteiger partial charge in [0, 0.05) is 6.42 Å². The maximum atomic E-state index is 10.3. The minimum Gasteiger partial charge on any atom is -0.492 e. The van der Waals surface area contributed by atoms with Gasteiger partial charge in [-0.1, -0.05) is 24.3 Å². The van der Waals surface area contributed by atoms with E-state index in [-0.39, 0.29) is 11.6 Å². The van der Waals surface area contributed by atoms with Crippen LogP contribution in [0.3, 0.4) is 0 Å². The number of para-hydroxylation sites is 1. The lowest BCUT2D eigenvalue weighted by Gasteiger charge is -2.15. The van der Waals surface area contributed by atoms with E-state index in [4.69, 9.17) is 0 Å². The summed E-state index contributed by atoms with van der Waals surface area (Å²) in [5.41, 5.74) is 1.09. The van der Waals surface area contributed by atoms with Gasteiger partial charge in [0.2, 0.25) is 11.7 Å². The molecule has 0 saturated carbocycles. The Balaban J connectivity index is 2.32. The molecule has 0 saturated heterocycles. The van der Waals surface area contributed by atoms with Gasteiger partial charge in [-0.05, 0) is 17.3 Å². The maximum absolute atomic E-state index is 10.3. The Morgan fingerprint density at radius 2 is 2.00 bits per heavy atom. The van der Waals surface area contributed by atoms with Gasteiger partial charge in [-0.15, -0.1) is 16.8 Å². The number of aromatic hydroxyl groups is 1. The van der Waals surface area contributed by atoms with Gasteiger partial charge in [0.15, 0.2) is 5.69 Å². The molecule has 0 unspecified atom stereocenters. The van der Waals surface area contributed by atoms with Crippen LogP contribution in [-0.4, -0.2) is 30.1 Å². The number of fused-ring (bicyclic) bond motifs is 1. The highest BCUT2D eigenvalue weighted by atomic mass is 16.3. The molecule has 94 valence electrons. The average Bonchev–Trinajstić information content (AvgIpc) is 2.89. The maximum Gasteiger partial charge on any atom is 0.229 e. The first-order chi connectivity index (χ1) is 9.31. The lowest BCUT2D eigenvalue weighted by molar-refractivity contribution is 0.432. The van der Waals surface area contributed by atoms with Crippen molar-refractivity contribution in [3.63, 3.8) is 0 Å². The van der Waals surface area contributed by atoms with E-state index in [0.29, 0.717) is 18.1 Å². The van der Waals surface area contributed by atoms with Crippen LogP contribution in [0.5, 0.6) is 5.88 Å². The van der Waals surface area contributed by atoms with Crippen molar-refractivity contribution in [2.75, 3.05) is 0 Å². The van der Waals surface area contributed by atoms with Gasteiger partial charge in [0.05, 0.1) is 5.69 Å². The minimum absolute atomic E-state index is 0.0157. The molecular weight excluding hydrogens is 242 g/mol. The molecule has 0 amide bonds. The topological polar surface area (TPSA) is 76.7 Å². The SMILES string of the molecule is C=CCc1nc2nnnc-2c(O)n1-c1ccccc1. The van der Waals surface area contributed by atoms with Gasteiger partial charge < -0.3 is 5.11 Å². The molecule has 0 fully saturated rings. The van der Waals surface area contributed by atoms with Gasteiger partial charge >= 0.3 is 0 Å². The second-order valence-corrected chi connectivity index (χ2v) is 3.98. The molecule has 3 rings (SSSR count). The number of hydrogen-bond acceptors (Lipinski definition) is 5. The van der Waals surface area contributed by atoms with Gasteiger partial charge in [-0.3, -0.25) is 4.57 Å². The Morgan fingerprint density at radius 1 is 1.21 bits per heavy atom. The predicted octanol–water partition coefficient (Wildman–Crippen LogP) is 1.60. The van der Waals surface area contributed by atoms with E-state index >= 15 is 0 Å². The smallest absolute Gasteiger partial charge is 0.229 e. The van der Waals surface area contributed by atoms with Crippen LogP contribution in [-0.2, 0) is 6.42 Å². The third-order valence-corrected chi connectivity index (χ3v) is 2.75. The summed E-state index contributed by atoms with van der Waals surface area (Å²) < 4.78 is 1.63. The molecule has 1 aromatic carbocycles. The summed E-state index contributed by atoms with van der Waals surface area (Å²) in [6.45, 7) is 3.70. The first-order valence-corrected chi connectivity index (χ1v) is 5.77. The van der Waals surface area contributed by atoms with Crippen molar-refractivity contribution in [2.45, 2.75) is 6.42 Å². The van der Waals surface area contributed by atoms with E-state index in [9.17, 15) is 5.11 Å². The second kappa shape index (κ2) is 4.49.